The zero-order chi connectivity index (χ0) is 22.1. The first-order valence-corrected chi connectivity index (χ1v) is 11.8. The Morgan fingerprint density at radius 1 is 1.16 bits per heavy atom. The number of nitrogens with zero attached hydrogens (tertiary/aromatic N) is 3. The molecule has 0 aliphatic rings. The van der Waals surface area contributed by atoms with Crippen molar-refractivity contribution in [3.05, 3.63) is 80.4 Å². The van der Waals surface area contributed by atoms with E-state index in [1.165, 1.54) is 23.1 Å². The summed E-state index contributed by atoms with van der Waals surface area (Å²) in [5.41, 5.74) is 4.10. The van der Waals surface area contributed by atoms with Crippen molar-refractivity contribution in [2.24, 2.45) is 0 Å². The van der Waals surface area contributed by atoms with Crippen LogP contribution in [0, 0.1) is 13.8 Å². The van der Waals surface area contributed by atoms with Crippen LogP contribution in [0.1, 0.15) is 11.1 Å². The van der Waals surface area contributed by atoms with Crippen LogP contribution < -0.4 is 10.5 Å². The molecule has 158 valence electrons. The molecule has 8 heteroatoms. The van der Waals surface area contributed by atoms with Gasteiger partial charge in [0.2, 0.25) is 5.91 Å². The minimum atomic E-state index is -0.122. The topological polar surface area (TPSA) is 55.2 Å². The molecule has 5 nitrogen and oxygen atoms in total. The summed E-state index contributed by atoms with van der Waals surface area (Å²) in [6, 6.07) is 14.9. The molecule has 4 aromatic rings. The lowest BCUT2D eigenvalue weighted by molar-refractivity contribution is -0.115. The van der Waals surface area contributed by atoms with Crippen molar-refractivity contribution in [3.63, 3.8) is 0 Å². The molecule has 2 heterocycles. The molecule has 0 spiro atoms. The largest absolute Gasteiger partial charge is 0.315 e. The van der Waals surface area contributed by atoms with Gasteiger partial charge in [-0.25, -0.2) is 4.98 Å². The van der Waals surface area contributed by atoms with Gasteiger partial charge in [0.05, 0.1) is 17.0 Å². The first-order chi connectivity index (χ1) is 14.8. The molecular formula is C23H20ClN3O2S2. The Morgan fingerprint density at radius 3 is 2.61 bits per heavy atom. The smallest absolute Gasteiger partial charge is 0.276 e. The minimum Gasteiger partial charge on any atom is -0.315 e. The van der Waals surface area contributed by atoms with Gasteiger partial charge in [-0.2, -0.15) is 0 Å². The third-order valence-corrected chi connectivity index (χ3v) is 6.86. The monoisotopic (exact) mass is 469 g/mol. The van der Waals surface area contributed by atoms with Crippen molar-refractivity contribution in [3.8, 4) is 5.69 Å². The van der Waals surface area contributed by atoms with Crippen molar-refractivity contribution in [1.82, 2.24) is 9.55 Å². The Labute approximate surface area is 193 Å². The fourth-order valence-electron chi connectivity index (χ4n) is 3.35. The van der Waals surface area contributed by atoms with Crippen molar-refractivity contribution in [2.45, 2.75) is 19.0 Å². The third kappa shape index (κ3) is 4.54. The van der Waals surface area contributed by atoms with Gasteiger partial charge in [0.15, 0.2) is 5.16 Å². The van der Waals surface area contributed by atoms with Gasteiger partial charge in [-0.1, -0.05) is 35.5 Å². The summed E-state index contributed by atoms with van der Waals surface area (Å²) in [5, 5.41) is 2.92. The molecule has 0 aliphatic heterocycles. The Kier molecular flexibility index (Phi) is 6.18. The lowest BCUT2D eigenvalue weighted by Gasteiger charge is -2.18. The van der Waals surface area contributed by atoms with E-state index >= 15 is 0 Å². The maximum atomic E-state index is 13.3. The van der Waals surface area contributed by atoms with Crippen molar-refractivity contribution < 1.29 is 4.79 Å². The van der Waals surface area contributed by atoms with Gasteiger partial charge < -0.3 is 4.90 Å². The number of hydrogen-bond acceptors (Lipinski definition) is 5. The van der Waals surface area contributed by atoms with Crippen LogP contribution in [0.4, 0.5) is 5.69 Å². The maximum Gasteiger partial charge on any atom is 0.276 e. The number of hydrogen-bond donors (Lipinski definition) is 0. The van der Waals surface area contributed by atoms with E-state index in [0.717, 1.165) is 16.8 Å². The van der Waals surface area contributed by atoms with E-state index in [1.54, 1.807) is 34.7 Å². The highest BCUT2D eigenvalue weighted by atomic mass is 35.5. The van der Waals surface area contributed by atoms with Gasteiger partial charge in [-0.05, 0) is 66.8 Å². The average Bonchev–Trinajstić information content (AvgIpc) is 3.19. The highest BCUT2D eigenvalue weighted by Crippen LogP contribution is 2.26. The van der Waals surface area contributed by atoms with Gasteiger partial charge in [-0.3, -0.25) is 14.2 Å². The highest BCUT2D eigenvalue weighted by Gasteiger charge is 2.18. The normalized spacial score (nSPS) is 11.1. The number of fused-ring (bicyclic) bond motifs is 1. The fraction of sp³-hybridized carbons (Fsp3) is 0.174. The van der Waals surface area contributed by atoms with Gasteiger partial charge in [0.1, 0.15) is 4.70 Å². The highest BCUT2D eigenvalue weighted by molar-refractivity contribution is 7.99. The van der Waals surface area contributed by atoms with Crippen LogP contribution >= 0.6 is 34.7 Å². The number of rotatable bonds is 5. The predicted octanol–water partition coefficient (Wildman–Crippen LogP) is 5.47. The molecule has 4 rings (SSSR count). The molecule has 2 aromatic carbocycles. The Hall–Kier alpha value is -2.61. The lowest BCUT2D eigenvalue weighted by Crippen LogP contribution is -2.28. The molecule has 0 atom stereocenters. The number of carbonyl (C=O) groups is 1. The van der Waals surface area contributed by atoms with E-state index < -0.39 is 0 Å². The van der Waals surface area contributed by atoms with E-state index in [4.69, 9.17) is 16.6 Å². The molecule has 0 unspecified atom stereocenters. The average molecular weight is 470 g/mol. The molecule has 2 aromatic heterocycles. The summed E-state index contributed by atoms with van der Waals surface area (Å²) in [5.74, 6) is 0.0227. The summed E-state index contributed by atoms with van der Waals surface area (Å²) in [4.78, 5) is 32.4. The molecule has 0 bridgehead atoms. The summed E-state index contributed by atoms with van der Waals surface area (Å²) in [7, 11) is 1.71. The quantitative estimate of drug-likeness (QED) is 0.287. The number of benzene rings is 2. The number of anilines is 1. The van der Waals surface area contributed by atoms with E-state index in [1.807, 2.05) is 43.5 Å². The molecule has 0 saturated carbocycles. The maximum absolute atomic E-state index is 13.3. The number of aromatic nitrogens is 2. The van der Waals surface area contributed by atoms with Crippen LogP contribution in [0.25, 0.3) is 15.9 Å². The van der Waals surface area contributed by atoms with Crippen LogP contribution in [0.3, 0.4) is 0 Å². The fourth-order valence-corrected chi connectivity index (χ4v) is 5.22. The van der Waals surface area contributed by atoms with Crippen molar-refractivity contribution in [2.75, 3.05) is 17.7 Å². The predicted molar refractivity (Wildman–Crippen MR) is 130 cm³/mol. The van der Waals surface area contributed by atoms with Crippen molar-refractivity contribution >= 4 is 56.5 Å². The first-order valence-electron chi connectivity index (χ1n) is 9.57. The van der Waals surface area contributed by atoms with Gasteiger partial charge in [-0.15, -0.1) is 11.3 Å². The van der Waals surface area contributed by atoms with E-state index in [9.17, 15) is 9.59 Å². The summed E-state index contributed by atoms with van der Waals surface area (Å²) in [6.07, 6.45) is 0. The van der Waals surface area contributed by atoms with Crippen molar-refractivity contribution in [1.29, 1.82) is 0 Å². The molecular weight excluding hydrogens is 450 g/mol. The zero-order valence-electron chi connectivity index (χ0n) is 17.3. The Bertz CT molecular complexity index is 1330. The third-order valence-electron chi connectivity index (χ3n) is 4.81. The van der Waals surface area contributed by atoms with Crippen LogP contribution in [-0.4, -0.2) is 28.3 Å². The minimum absolute atomic E-state index is 0.112. The Morgan fingerprint density at radius 2 is 1.90 bits per heavy atom. The standard InChI is InChI=1S/C23H20ClN3O2S2/c1-14-9-15(2)11-18(10-14)27-22(29)21-19(7-8-30-21)25-23(27)31-13-20(28)26(3)17-6-4-5-16(24)12-17/h4-12H,13H2,1-3H3. The number of amides is 1. The van der Waals surface area contributed by atoms with E-state index in [0.29, 0.717) is 26.1 Å². The second kappa shape index (κ2) is 8.86. The molecule has 0 N–H and O–H groups in total. The SMILES string of the molecule is Cc1cc(C)cc(-n2c(SCC(=O)N(C)c3cccc(Cl)c3)nc3ccsc3c2=O)c1. The van der Waals surface area contributed by atoms with Gasteiger partial charge in [0.25, 0.3) is 5.56 Å². The van der Waals surface area contributed by atoms with Crippen LogP contribution in [0.5, 0.6) is 0 Å². The molecule has 0 saturated heterocycles. The molecule has 0 radical (unpaired) electrons. The molecule has 0 fully saturated rings. The van der Waals surface area contributed by atoms with Gasteiger partial charge in [0, 0.05) is 17.8 Å². The summed E-state index contributed by atoms with van der Waals surface area (Å²) < 4.78 is 2.21. The van der Waals surface area contributed by atoms with Crippen LogP contribution in [0.2, 0.25) is 5.02 Å². The number of aryl methyl sites for hydroxylation is 2. The van der Waals surface area contributed by atoms with E-state index in [-0.39, 0.29) is 17.2 Å². The summed E-state index contributed by atoms with van der Waals surface area (Å²) in [6.45, 7) is 3.99. The number of halogens is 1. The number of thioether (sulfide) groups is 1. The van der Waals surface area contributed by atoms with E-state index in [2.05, 4.69) is 6.07 Å². The zero-order valence-corrected chi connectivity index (χ0v) is 19.6. The molecule has 0 aliphatic carbocycles. The first kappa shape index (κ1) is 21.6. The number of carbonyl (C=O) groups excluding carboxylic acids is 1. The number of thiophene rings is 1. The second-order valence-corrected chi connectivity index (χ2v) is 9.53. The molecule has 1 amide bonds. The Balaban J connectivity index is 1.70. The van der Waals surface area contributed by atoms with Crippen LogP contribution in [0.15, 0.2) is 63.9 Å². The lowest BCUT2D eigenvalue weighted by atomic mass is 10.1. The second-order valence-electron chi connectivity index (χ2n) is 7.24. The molecule has 31 heavy (non-hydrogen) atoms. The summed E-state index contributed by atoms with van der Waals surface area (Å²) >= 11 is 8.68. The van der Waals surface area contributed by atoms with Gasteiger partial charge >= 0.3 is 0 Å². The van der Waals surface area contributed by atoms with Crippen LogP contribution in [-0.2, 0) is 4.79 Å².